The number of ether oxygens (including phenoxy) is 1. The molecule has 4 aromatic rings. The quantitative estimate of drug-likeness (QED) is 0.361. The second-order valence-electron chi connectivity index (χ2n) is 7.35. The average molecular weight is 475 g/mol. The molecule has 0 N–H and O–H groups in total. The maximum atomic E-state index is 12.4. The summed E-state index contributed by atoms with van der Waals surface area (Å²) in [6.45, 7) is 0.0298. The van der Waals surface area contributed by atoms with Gasteiger partial charge in [-0.2, -0.15) is 0 Å². The Morgan fingerprint density at radius 1 is 1.25 bits per heavy atom. The van der Waals surface area contributed by atoms with Gasteiger partial charge in [-0.3, -0.25) is 4.79 Å². The van der Waals surface area contributed by atoms with E-state index >= 15 is 0 Å². The molecule has 1 aromatic carbocycles. The van der Waals surface area contributed by atoms with E-state index in [0.717, 1.165) is 14.7 Å². The van der Waals surface area contributed by atoms with E-state index in [1.165, 1.54) is 25.4 Å². The van der Waals surface area contributed by atoms with Crippen LogP contribution in [0.3, 0.4) is 0 Å². The van der Waals surface area contributed by atoms with Crippen molar-refractivity contribution in [3.63, 3.8) is 0 Å². The molecule has 0 amide bonds. The van der Waals surface area contributed by atoms with Gasteiger partial charge in [0.25, 0.3) is 0 Å². The molecule has 168 valence electrons. The van der Waals surface area contributed by atoms with E-state index in [0.29, 0.717) is 29.2 Å². The highest BCUT2D eigenvalue weighted by Crippen LogP contribution is 2.25. The van der Waals surface area contributed by atoms with Crippen LogP contribution in [0.25, 0.3) is 21.7 Å². The molecular formula is C21H22N4O5S2. The van der Waals surface area contributed by atoms with Crippen molar-refractivity contribution in [2.45, 2.75) is 24.3 Å². The Morgan fingerprint density at radius 3 is 2.78 bits per heavy atom. The van der Waals surface area contributed by atoms with Crippen LogP contribution in [0.5, 0.6) is 0 Å². The molecule has 0 bridgehead atoms. The lowest BCUT2D eigenvalue weighted by atomic mass is 10.3. The van der Waals surface area contributed by atoms with Crippen LogP contribution in [0.1, 0.15) is 17.9 Å². The molecule has 3 heterocycles. The van der Waals surface area contributed by atoms with Crippen molar-refractivity contribution >= 4 is 38.4 Å². The lowest BCUT2D eigenvalue weighted by Gasteiger charge is -2.10. The van der Waals surface area contributed by atoms with Crippen LogP contribution in [-0.4, -0.2) is 47.5 Å². The molecule has 32 heavy (non-hydrogen) atoms. The molecule has 4 rings (SSSR count). The van der Waals surface area contributed by atoms with Crippen LogP contribution < -0.4 is 0 Å². The van der Waals surface area contributed by atoms with Crippen LogP contribution in [0.15, 0.2) is 51.2 Å². The van der Waals surface area contributed by atoms with Crippen molar-refractivity contribution in [1.29, 1.82) is 0 Å². The summed E-state index contributed by atoms with van der Waals surface area (Å²) in [4.78, 5) is 17.9. The van der Waals surface area contributed by atoms with Crippen LogP contribution in [0.2, 0.25) is 0 Å². The summed E-state index contributed by atoms with van der Waals surface area (Å²) in [6, 6.07) is 10.4. The van der Waals surface area contributed by atoms with Gasteiger partial charge in [0.05, 0.1) is 27.2 Å². The van der Waals surface area contributed by atoms with Crippen LogP contribution in [-0.2, 0) is 39.6 Å². The minimum Gasteiger partial charge on any atom is -0.459 e. The highest BCUT2D eigenvalue weighted by molar-refractivity contribution is 7.89. The van der Waals surface area contributed by atoms with Crippen molar-refractivity contribution < 1.29 is 22.5 Å². The maximum absolute atomic E-state index is 12.4. The van der Waals surface area contributed by atoms with E-state index < -0.39 is 10.0 Å². The fraction of sp³-hybridized carbons (Fsp3) is 0.286. The van der Waals surface area contributed by atoms with Gasteiger partial charge in [0.1, 0.15) is 18.1 Å². The summed E-state index contributed by atoms with van der Waals surface area (Å²) >= 11 is 1.54. The molecule has 0 fully saturated rings. The van der Waals surface area contributed by atoms with Crippen LogP contribution >= 0.6 is 11.3 Å². The smallest absolute Gasteiger partial charge is 0.306 e. The van der Waals surface area contributed by atoms with Gasteiger partial charge < -0.3 is 13.8 Å². The van der Waals surface area contributed by atoms with Crippen molar-refractivity contribution in [1.82, 2.24) is 19.0 Å². The van der Waals surface area contributed by atoms with Crippen molar-refractivity contribution in [3.05, 3.63) is 53.3 Å². The number of rotatable bonds is 8. The molecular weight excluding hydrogens is 452 g/mol. The summed E-state index contributed by atoms with van der Waals surface area (Å²) < 4.78 is 38.3. The zero-order valence-electron chi connectivity index (χ0n) is 17.8. The van der Waals surface area contributed by atoms with E-state index in [4.69, 9.17) is 9.26 Å². The predicted molar refractivity (Wildman–Crippen MR) is 120 cm³/mol. The van der Waals surface area contributed by atoms with E-state index in [1.807, 2.05) is 29.1 Å². The molecule has 0 saturated carbocycles. The van der Waals surface area contributed by atoms with E-state index in [1.54, 1.807) is 24.3 Å². The third-order valence-corrected chi connectivity index (χ3v) is 7.68. The zero-order chi connectivity index (χ0) is 22.9. The number of nitrogens with zero attached hydrogens (tertiary/aromatic N) is 4. The largest absolute Gasteiger partial charge is 0.459 e. The third kappa shape index (κ3) is 4.45. The highest BCUT2D eigenvalue weighted by Gasteiger charge is 2.19. The number of benzene rings is 1. The Morgan fingerprint density at radius 2 is 2.06 bits per heavy atom. The molecule has 3 aromatic heterocycles. The van der Waals surface area contributed by atoms with Crippen molar-refractivity contribution in [3.8, 4) is 10.6 Å². The SMILES string of the molecule is CN(C)S(=O)(=O)c1ccc2c(c1)nc(CCC(=O)OCc1cc(-c3cccs3)on1)n2C. The van der Waals surface area contributed by atoms with Crippen molar-refractivity contribution in [2.75, 3.05) is 14.1 Å². The van der Waals surface area contributed by atoms with E-state index in [2.05, 4.69) is 10.1 Å². The summed E-state index contributed by atoms with van der Waals surface area (Å²) in [5.74, 6) is 0.924. The minimum atomic E-state index is -3.55. The number of thiophene rings is 1. The van der Waals surface area contributed by atoms with Gasteiger partial charge in [0.2, 0.25) is 10.0 Å². The Hall–Kier alpha value is -3.02. The molecule has 0 spiro atoms. The van der Waals surface area contributed by atoms with Gasteiger partial charge >= 0.3 is 5.97 Å². The number of sulfonamides is 1. The fourth-order valence-corrected chi connectivity index (χ4v) is 4.78. The fourth-order valence-electron chi connectivity index (χ4n) is 3.18. The number of aromatic nitrogens is 3. The lowest BCUT2D eigenvalue weighted by molar-refractivity contribution is -0.145. The number of imidazole rings is 1. The minimum absolute atomic E-state index is 0.0298. The van der Waals surface area contributed by atoms with E-state index in [9.17, 15) is 13.2 Å². The first-order chi connectivity index (χ1) is 15.3. The zero-order valence-corrected chi connectivity index (χ0v) is 19.4. The lowest BCUT2D eigenvalue weighted by Crippen LogP contribution is -2.22. The average Bonchev–Trinajstić information content (AvgIpc) is 3.51. The maximum Gasteiger partial charge on any atom is 0.306 e. The number of hydrogen-bond acceptors (Lipinski definition) is 8. The molecule has 11 heteroatoms. The second kappa shape index (κ2) is 8.85. The first-order valence-electron chi connectivity index (χ1n) is 9.78. The first kappa shape index (κ1) is 22.2. The number of esters is 1. The van der Waals surface area contributed by atoms with Crippen molar-refractivity contribution in [2.24, 2.45) is 7.05 Å². The Bertz CT molecular complexity index is 1350. The molecule has 0 saturated heterocycles. The molecule has 0 radical (unpaired) electrons. The summed E-state index contributed by atoms with van der Waals surface area (Å²) in [7, 11) is 1.25. The van der Waals surface area contributed by atoms with Gasteiger partial charge in [0, 0.05) is 33.6 Å². The number of carbonyl (C=O) groups excluding carboxylic acids is 1. The molecule has 0 atom stereocenters. The van der Waals surface area contributed by atoms with Crippen LogP contribution in [0.4, 0.5) is 0 Å². The molecule has 9 nitrogen and oxygen atoms in total. The third-order valence-electron chi connectivity index (χ3n) is 4.98. The monoisotopic (exact) mass is 474 g/mol. The molecule has 0 aliphatic carbocycles. The Kier molecular flexibility index (Phi) is 6.13. The predicted octanol–water partition coefficient (Wildman–Crippen LogP) is 3.22. The number of hydrogen-bond donors (Lipinski definition) is 0. The molecule has 0 aliphatic rings. The van der Waals surface area contributed by atoms with Crippen LogP contribution in [0, 0.1) is 0 Å². The van der Waals surface area contributed by atoms with Gasteiger partial charge in [0.15, 0.2) is 5.76 Å². The number of fused-ring (bicyclic) bond motifs is 1. The topological polar surface area (TPSA) is 108 Å². The van der Waals surface area contributed by atoms with Gasteiger partial charge in [-0.1, -0.05) is 11.2 Å². The number of aryl methyl sites for hydroxylation is 2. The van der Waals surface area contributed by atoms with Gasteiger partial charge in [-0.15, -0.1) is 11.3 Å². The Labute approximate surface area is 189 Å². The number of carbonyl (C=O) groups is 1. The second-order valence-corrected chi connectivity index (χ2v) is 10.4. The van der Waals surface area contributed by atoms with Gasteiger partial charge in [-0.25, -0.2) is 17.7 Å². The standard InChI is InChI=1S/C21H22N4O5S2/c1-24(2)32(27,28)15-6-7-17-16(12-15)22-20(25(17)3)8-9-21(26)29-13-14-11-18(30-23-14)19-5-4-10-31-19/h4-7,10-12H,8-9,13H2,1-3H3. The normalized spacial score (nSPS) is 12.0. The van der Waals surface area contributed by atoms with E-state index in [-0.39, 0.29) is 23.9 Å². The summed E-state index contributed by atoms with van der Waals surface area (Å²) in [5, 5.41) is 5.88. The summed E-state index contributed by atoms with van der Waals surface area (Å²) in [6.07, 6.45) is 0.495. The van der Waals surface area contributed by atoms with Gasteiger partial charge in [-0.05, 0) is 29.6 Å². The Balaban J connectivity index is 1.38. The molecule has 0 aliphatic heterocycles. The summed E-state index contributed by atoms with van der Waals surface area (Å²) in [5.41, 5.74) is 1.89. The highest BCUT2D eigenvalue weighted by atomic mass is 32.2. The molecule has 0 unspecified atom stereocenters. The first-order valence-corrected chi connectivity index (χ1v) is 12.1.